The van der Waals surface area contributed by atoms with Gasteiger partial charge in [-0.15, -0.1) is 6.58 Å². The van der Waals surface area contributed by atoms with Gasteiger partial charge < -0.3 is 14.4 Å². The fourth-order valence-corrected chi connectivity index (χ4v) is 3.82. The van der Waals surface area contributed by atoms with E-state index in [9.17, 15) is 9.59 Å². The van der Waals surface area contributed by atoms with Crippen LogP contribution in [0, 0.1) is 0 Å². The van der Waals surface area contributed by atoms with Gasteiger partial charge in [-0.25, -0.2) is 4.79 Å². The summed E-state index contributed by atoms with van der Waals surface area (Å²) in [6.45, 7) is 3.99. The molecule has 3 rings (SSSR count). The molecule has 6 heteroatoms. The van der Waals surface area contributed by atoms with E-state index in [0.717, 1.165) is 5.56 Å². The topological polar surface area (TPSA) is 55.8 Å². The maximum absolute atomic E-state index is 13.2. The van der Waals surface area contributed by atoms with Gasteiger partial charge in [0.05, 0.1) is 24.8 Å². The van der Waals surface area contributed by atoms with E-state index < -0.39 is 11.5 Å². The van der Waals surface area contributed by atoms with Crippen molar-refractivity contribution in [2.75, 3.05) is 14.2 Å². The number of esters is 1. The molecule has 1 atom stereocenters. The SMILES string of the molecule is C=CC[C@]1(C(=O)OC)c2cccc(Cl)c2C(=O)N1Cc1ccc(OC)cc1. The lowest BCUT2D eigenvalue weighted by Gasteiger charge is -2.36. The van der Waals surface area contributed by atoms with Crippen LogP contribution in [-0.4, -0.2) is 31.0 Å². The molecule has 0 fully saturated rings. The van der Waals surface area contributed by atoms with Crippen LogP contribution >= 0.6 is 11.6 Å². The first-order chi connectivity index (χ1) is 13.0. The number of ether oxygens (including phenoxy) is 2. The van der Waals surface area contributed by atoms with Crippen LogP contribution in [0.4, 0.5) is 0 Å². The third-order valence-corrected chi connectivity index (χ3v) is 5.16. The summed E-state index contributed by atoms with van der Waals surface area (Å²) in [5.41, 5.74) is 0.430. The molecule has 0 saturated carbocycles. The van der Waals surface area contributed by atoms with E-state index in [0.29, 0.717) is 21.9 Å². The van der Waals surface area contributed by atoms with Crippen molar-refractivity contribution in [2.24, 2.45) is 0 Å². The molecule has 1 amide bonds. The third-order valence-electron chi connectivity index (χ3n) is 4.84. The Morgan fingerprint density at radius 3 is 2.52 bits per heavy atom. The van der Waals surface area contributed by atoms with Crippen molar-refractivity contribution in [1.82, 2.24) is 4.90 Å². The van der Waals surface area contributed by atoms with E-state index in [1.165, 1.54) is 12.0 Å². The normalized spacial score (nSPS) is 18.2. The molecule has 0 unspecified atom stereocenters. The van der Waals surface area contributed by atoms with Crippen molar-refractivity contribution in [3.63, 3.8) is 0 Å². The number of rotatable bonds is 6. The molecule has 0 aromatic heterocycles. The zero-order valence-electron chi connectivity index (χ0n) is 15.2. The molecule has 140 valence electrons. The molecule has 1 aliphatic heterocycles. The second-order valence-electron chi connectivity index (χ2n) is 6.25. The molecule has 0 bridgehead atoms. The van der Waals surface area contributed by atoms with Crippen LogP contribution in [0.2, 0.25) is 5.02 Å². The van der Waals surface area contributed by atoms with Gasteiger partial charge >= 0.3 is 5.97 Å². The number of halogens is 1. The number of carbonyl (C=O) groups is 2. The third kappa shape index (κ3) is 2.98. The number of methoxy groups -OCH3 is 2. The number of hydrogen-bond donors (Lipinski definition) is 0. The molecule has 1 aliphatic rings. The predicted octanol–water partition coefficient (Wildman–Crippen LogP) is 3.95. The van der Waals surface area contributed by atoms with Gasteiger partial charge in [-0.2, -0.15) is 0 Å². The van der Waals surface area contributed by atoms with E-state index in [1.807, 2.05) is 24.3 Å². The lowest BCUT2D eigenvalue weighted by molar-refractivity contribution is -0.154. The summed E-state index contributed by atoms with van der Waals surface area (Å²) in [6.07, 6.45) is 1.83. The second-order valence-corrected chi connectivity index (χ2v) is 6.65. The lowest BCUT2D eigenvalue weighted by atomic mass is 9.86. The molecule has 2 aromatic carbocycles. The van der Waals surface area contributed by atoms with Crippen molar-refractivity contribution >= 4 is 23.5 Å². The minimum absolute atomic E-state index is 0.217. The Morgan fingerprint density at radius 2 is 1.93 bits per heavy atom. The van der Waals surface area contributed by atoms with Crippen LogP contribution in [-0.2, 0) is 21.6 Å². The standard InChI is InChI=1S/C21H20ClNO4/c1-4-12-21(20(25)27-3)16-6-5-7-17(22)18(16)19(24)23(21)13-14-8-10-15(26-2)11-9-14/h4-11H,1,12-13H2,2-3H3/t21-/m1/s1. The number of nitrogens with zero attached hydrogens (tertiary/aromatic N) is 1. The number of benzene rings is 2. The second kappa shape index (κ2) is 7.45. The van der Waals surface area contributed by atoms with Crippen LogP contribution in [0.25, 0.3) is 0 Å². The monoisotopic (exact) mass is 385 g/mol. The number of fused-ring (bicyclic) bond motifs is 1. The average molecular weight is 386 g/mol. The highest BCUT2D eigenvalue weighted by molar-refractivity contribution is 6.34. The van der Waals surface area contributed by atoms with E-state index in [2.05, 4.69) is 6.58 Å². The molecule has 2 aromatic rings. The molecular formula is C21H20ClNO4. The summed E-state index contributed by atoms with van der Waals surface area (Å²) in [6, 6.07) is 12.4. The lowest BCUT2D eigenvalue weighted by Crippen LogP contribution is -2.49. The van der Waals surface area contributed by atoms with Gasteiger partial charge in [-0.1, -0.05) is 41.9 Å². The highest BCUT2D eigenvalue weighted by atomic mass is 35.5. The molecule has 27 heavy (non-hydrogen) atoms. The van der Waals surface area contributed by atoms with E-state index >= 15 is 0 Å². The van der Waals surface area contributed by atoms with Gasteiger partial charge in [0.15, 0.2) is 5.54 Å². The zero-order chi connectivity index (χ0) is 19.6. The summed E-state index contributed by atoms with van der Waals surface area (Å²) < 4.78 is 10.3. The van der Waals surface area contributed by atoms with Crippen molar-refractivity contribution in [3.8, 4) is 5.75 Å². The summed E-state index contributed by atoms with van der Waals surface area (Å²) in [4.78, 5) is 27.7. The van der Waals surface area contributed by atoms with Gasteiger partial charge in [0.25, 0.3) is 5.91 Å². The Balaban J connectivity index is 2.14. The van der Waals surface area contributed by atoms with Crippen molar-refractivity contribution in [2.45, 2.75) is 18.5 Å². The summed E-state index contributed by atoms with van der Waals surface area (Å²) >= 11 is 6.31. The van der Waals surface area contributed by atoms with Crippen LogP contribution in [0.1, 0.15) is 27.9 Å². The van der Waals surface area contributed by atoms with E-state index in [1.54, 1.807) is 31.4 Å². The smallest absolute Gasteiger partial charge is 0.336 e. The van der Waals surface area contributed by atoms with Crippen LogP contribution in [0.5, 0.6) is 5.75 Å². The Kier molecular flexibility index (Phi) is 5.24. The molecule has 0 radical (unpaired) electrons. The Morgan fingerprint density at radius 1 is 1.22 bits per heavy atom. The minimum Gasteiger partial charge on any atom is -0.497 e. The summed E-state index contributed by atoms with van der Waals surface area (Å²) in [5.74, 6) is -0.118. The summed E-state index contributed by atoms with van der Waals surface area (Å²) in [5, 5.41) is 0.312. The summed E-state index contributed by atoms with van der Waals surface area (Å²) in [7, 11) is 2.90. The predicted molar refractivity (Wildman–Crippen MR) is 103 cm³/mol. The fourth-order valence-electron chi connectivity index (χ4n) is 3.56. The molecule has 1 heterocycles. The maximum Gasteiger partial charge on any atom is 0.336 e. The van der Waals surface area contributed by atoms with E-state index in [-0.39, 0.29) is 18.9 Å². The Bertz CT molecular complexity index is 894. The minimum atomic E-state index is -1.30. The largest absolute Gasteiger partial charge is 0.497 e. The molecular weight excluding hydrogens is 366 g/mol. The molecule has 5 nitrogen and oxygen atoms in total. The van der Waals surface area contributed by atoms with Crippen molar-refractivity contribution < 1.29 is 19.1 Å². The van der Waals surface area contributed by atoms with Gasteiger partial charge in [0.1, 0.15) is 5.75 Å². The van der Waals surface area contributed by atoms with Crippen molar-refractivity contribution in [1.29, 1.82) is 0 Å². The molecule has 0 spiro atoms. The molecule has 0 aliphatic carbocycles. The Hall–Kier alpha value is -2.79. The van der Waals surface area contributed by atoms with Gasteiger partial charge in [0.2, 0.25) is 0 Å². The van der Waals surface area contributed by atoms with E-state index in [4.69, 9.17) is 21.1 Å². The Labute approximate surface area is 163 Å². The number of amides is 1. The first-order valence-electron chi connectivity index (χ1n) is 8.42. The van der Waals surface area contributed by atoms with Crippen molar-refractivity contribution in [3.05, 3.63) is 76.8 Å². The van der Waals surface area contributed by atoms with Crippen LogP contribution in [0.15, 0.2) is 55.1 Å². The maximum atomic E-state index is 13.2. The molecule has 0 N–H and O–H groups in total. The van der Waals surface area contributed by atoms with Crippen LogP contribution in [0.3, 0.4) is 0 Å². The highest BCUT2D eigenvalue weighted by Gasteiger charge is 2.55. The quantitative estimate of drug-likeness (QED) is 0.558. The highest BCUT2D eigenvalue weighted by Crippen LogP contribution is 2.46. The average Bonchev–Trinajstić information content (AvgIpc) is 2.92. The van der Waals surface area contributed by atoms with Crippen LogP contribution < -0.4 is 4.74 Å². The first kappa shape index (κ1) is 19.0. The van der Waals surface area contributed by atoms with Gasteiger partial charge in [-0.05, 0) is 23.8 Å². The fraction of sp³-hybridized carbons (Fsp3) is 0.238. The number of hydrogen-bond acceptors (Lipinski definition) is 4. The van der Waals surface area contributed by atoms with Gasteiger partial charge in [-0.3, -0.25) is 4.79 Å². The zero-order valence-corrected chi connectivity index (χ0v) is 16.0. The van der Waals surface area contributed by atoms with Gasteiger partial charge in [0, 0.05) is 18.5 Å². The molecule has 0 saturated heterocycles. The first-order valence-corrected chi connectivity index (χ1v) is 8.80. The number of carbonyl (C=O) groups excluding carboxylic acids is 2.